The molecule has 1 aromatic heterocycles. The second kappa shape index (κ2) is 5.10. The van der Waals surface area contributed by atoms with Crippen LogP contribution in [0.5, 0.6) is 0 Å². The molecule has 0 saturated heterocycles. The molecule has 0 radical (unpaired) electrons. The van der Waals surface area contributed by atoms with Crippen LogP contribution in [0.2, 0.25) is 5.02 Å². The summed E-state index contributed by atoms with van der Waals surface area (Å²) in [5.41, 5.74) is 7.99. The van der Waals surface area contributed by atoms with E-state index in [-0.39, 0.29) is 6.04 Å². The highest BCUT2D eigenvalue weighted by Gasteiger charge is 2.19. The topological polar surface area (TPSA) is 43.8 Å². The van der Waals surface area contributed by atoms with Crippen molar-refractivity contribution < 1.29 is 0 Å². The highest BCUT2D eigenvalue weighted by atomic mass is 79.9. The molecule has 1 heterocycles. The lowest BCUT2D eigenvalue weighted by molar-refractivity contribution is 0.671. The Morgan fingerprint density at radius 2 is 2.12 bits per heavy atom. The van der Waals surface area contributed by atoms with E-state index in [4.69, 9.17) is 17.3 Å². The van der Waals surface area contributed by atoms with Crippen molar-refractivity contribution in [2.24, 2.45) is 12.8 Å². The summed E-state index contributed by atoms with van der Waals surface area (Å²) in [7, 11) is 1.85. The molecule has 3 nitrogen and oxygen atoms in total. The molecule has 1 unspecified atom stereocenters. The molecule has 2 rings (SSSR count). The lowest BCUT2D eigenvalue weighted by Crippen LogP contribution is -2.16. The number of aryl methyl sites for hydroxylation is 1. The van der Waals surface area contributed by atoms with Gasteiger partial charge in [0.15, 0.2) is 0 Å². The Kier molecular flexibility index (Phi) is 3.92. The number of rotatable bonds is 2. The molecule has 1 aromatic carbocycles. The molecular formula is C11H10Br2ClN3. The maximum Gasteiger partial charge on any atom is 0.0749 e. The minimum absolute atomic E-state index is 0.308. The number of hydrogen-bond donors (Lipinski definition) is 1. The third kappa shape index (κ3) is 2.57. The minimum Gasteiger partial charge on any atom is -0.319 e. The second-order valence-corrected chi connectivity index (χ2v) is 5.82. The molecule has 0 amide bonds. The molecule has 90 valence electrons. The minimum atomic E-state index is -0.308. The van der Waals surface area contributed by atoms with E-state index in [0.29, 0.717) is 5.02 Å². The van der Waals surface area contributed by atoms with Gasteiger partial charge in [-0.2, -0.15) is 5.10 Å². The van der Waals surface area contributed by atoms with E-state index in [2.05, 4.69) is 37.0 Å². The summed E-state index contributed by atoms with van der Waals surface area (Å²) in [4.78, 5) is 0. The number of nitrogens with zero attached hydrogens (tertiary/aromatic N) is 2. The first-order valence-corrected chi connectivity index (χ1v) is 6.85. The van der Waals surface area contributed by atoms with Crippen molar-refractivity contribution in [3.8, 4) is 0 Å². The Balaban J connectivity index is 2.47. The molecule has 0 aliphatic carbocycles. The molecule has 0 aliphatic rings. The highest BCUT2D eigenvalue weighted by molar-refractivity contribution is 9.10. The molecule has 0 fully saturated rings. The molecule has 0 spiro atoms. The van der Waals surface area contributed by atoms with Crippen LogP contribution in [0.4, 0.5) is 0 Å². The first-order chi connectivity index (χ1) is 8.00. The standard InChI is InChI=1S/C11H10Br2ClN3/c1-17-11(8(13)5-16-17)10(15)7-3-2-6(12)4-9(7)14/h2-5,10H,15H2,1H3. The van der Waals surface area contributed by atoms with E-state index in [1.807, 2.05) is 25.2 Å². The zero-order chi connectivity index (χ0) is 12.6. The lowest BCUT2D eigenvalue weighted by Gasteiger charge is -2.15. The van der Waals surface area contributed by atoms with Gasteiger partial charge in [-0.3, -0.25) is 4.68 Å². The van der Waals surface area contributed by atoms with Crippen molar-refractivity contribution in [2.45, 2.75) is 6.04 Å². The molecule has 0 bridgehead atoms. The number of nitrogens with two attached hydrogens (primary N) is 1. The fourth-order valence-corrected chi connectivity index (χ4v) is 3.06. The van der Waals surface area contributed by atoms with Crippen molar-refractivity contribution in [3.63, 3.8) is 0 Å². The van der Waals surface area contributed by atoms with Gasteiger partial charge in [-0.25, -0.2) is 0 Å². The van der Waals surface area contributed by atoms with E-state index < -0.39 is 0 Å². The third-order valence-electron chi connectivity index (χ3n) is 2.53. The first-order valence-electron chi connectivity index (χ1n) is 4.88. The van der Waals surface area contributed by atoms with Crippen LogP contribution in [0.1, 0.15) is 17.3 Å². The third-order valence-corrected chi connectivity index (χ3v) is 3.96. The molecule has 0 aliphatic heterocycles. The fourth-order valence-electron chi connectivity index (χ4n) is 1.67. The van der Waals surface area contributed by atoms with Crippen LogP contribution in [0, 0.1) is 0 Å². The predicted molar refractivity (Wildman–Crippen MR) is 76.1 cm³/mol. The molecule has 2 N–H and O–H groups in total. The Morgan fingerprint density at radius 3 is 2.65 bits per heavy atom. The van der Waals surface area contributed by atoms with Gasteiger partial charge in [-0.05, 0) is 33.6 Å². The summed E-state index contributed by atoms with van der Waals surface area (Å²) in [5.74, 6) is 0. The second-order valence-electron chi connectivity index (χ2n) is 3.64. The van der Waals surface area contributed by atoms with Crippen molar-refractivity contribution in [3.05, 3.63) is 49.6 Å². The van der Waals surface area contributed by atoms with Crippen LogP contribution in [-0.2, 0) is 7.05 Å². The Morgan fingerprint density at radius 1 is 1.41 bits per heavy atom. The molecular weight excluding hydrogens is 369 g/mol. The summed E-state index contributed by atoms with van der Waals surface area (Å²) in [6.07, 6.45) is 1.72. The van der Waals surface area contributed by atoms with Gasteiger partial charge in [0.05, 0.1) is 22.4 Å². The van der Waals surface area contributed by atoms with Gasteiger partial charge in [-0.15, -0.1) is 0 Å². The molecule has 1 atom stereocenters. The van der Waals surface area contributed by atoms with Gasteiger partial charge in [0.2, 0.25) is 0 Å². The van der Waals surface area contributed by atoms with E-state index >= 15 is 0 Å². The molecule has 0 saturated carbocycles. The largest absolute Gasteiger partial charge is 0.319 e. The van der Waals surface area contributed by atoms with Crippen molar-refractivity contribution in [1.82, 2.24) is 9.78 Å². The van der Waals surface area contributed by atoms with E-state index in [9.17, 15) is 0 Å². The van der Waals surface area contributed by atoms with Crippen LogP contribution in [0.3, 0.4) is 0 Å². The average molecular weight is 379 g/mol. The van der Waals surface area contributed by atoms with Crippen molar-refractivity contribution in [2.75, 3.05) is 0 Å². The summed E-state index contributed by atoms with van der Waals surface area (Å²) in [6, 6.07) is 5.36. The van der Waals surface area contributed by atoms with Gasteiger partial charge in [0, 0.05) is 16.5 Å². The maximum atomic E-state index is 6.22. The first kappa shape index (κ1) is 13.1. The quantitative estimate of drug-likeness (QED) is 0.866. The van der Waals surface area contributed by atoms with Crippen molar-refractivity contribution >= 4 is 43.5 Å². The molecule has 6 heteroatoms. The summed E-state index contributed by atoms with van der Waals surface area (Å²) in [5, 5.41) is 4.79. The van der Waals surface area contributed by atoms with Crippen LogP contribution >= 0.6 is 43.5 Å². The fraction of sp³-hybridized carbons (Fsp3) is 0.182. The highest BCUT2D eigenvalue weighted by Crippen LogP contribution is 2.31. The summed E-state index contributed by atoms with van der Waals surface area (Å²) >= 11 is 13.0. The van der Waals surface area contributed by atoms with E-state index in [1.54, 1.807) is 10.9 Å². The van der Waals surface area contributed by atoms with Gasteiger partial charge in [-0.1, -0.05) is 33.6 Å². The zero-order valence-corrected chi connectivity index (χ0v) is 12.9. The number of aromatic nitrogens is 2. The van der Waals surface area contributed by atoms with Crippen molar-refractivity contribution in [1.29, 1.82) is 0 Å². The number of hydrogen-bond acceptors (Lipinski definition) is 2. The Labute approximate surface area is 121 Å². The predicted octanol–water partition coefficient (Wildman–Crippen LogP) is 3.65. The van der Waals surface area contributed by atoms with Crippen LogP contribution in [-0.4, -0.2) is 9.78 Å². The Hall–Kier alpha value is -0.360. The monoisotopic (exact) mass is 377 g/mol. The number of benzene rings is 1. The van der Waals surface area contributed by atoms with Gasteiger partial charge >= 0.3 is 0 Å². The van der Waals surface area contributed by atoms with Gasteiger partial charge in [0.25, 0.3) is 0 Å². The Bertz CT molecular complexity index is 534. The van der Waals surface area contributed by atoms with Crippen LogP contribution in [0.15, 0.2) is 33.3 Å². The van der Waals surface area contributed by atoms with Gasteiger partial charge in [0.1, 0.15) is 0 Å². The van der Waals surface area contributed by atoms with E-state index in [1.165, 1.54) is 0 Å². The normalized spacial score (nSPS) is 12.8. The van der Waals surface area contributed by atoms with Gasteiger partial charge < -0.3 is 5.73 Å². The summed E-state index contributed by atoms with van der Waals surface area (Å²) in [6.45, 7) is 0. The van der Waals surface area contributed by atoms with Crippen LogP contribution in [0.25, 0.3) is 0 Å². The van der Waals surface area contributed by atoms with E-state index in [0.717, 1.165) is 20.2 Å². The number of halogens is 3. The average Bonchev–Trinajstić information content (AvgIpc) is 2.58. The lowest BCUT2D eigenvalue weighted by atomic mass is 10.0. The smallest absolute Gasteiger partial charge is 0.0749 e. The molecule has 17 heavy (non-hydrogen) atoms. The molecule has 2 aromatic rings. The summed E-state index contributed by atoms with van der Waals surface area (Å²) < 4.78 is 3.56. The maximum absolute atomic E-state index is 6.22. The zero-order valence-electron chi connectivity index (χ0n) is 8.99. The van der Waals surface area contributed by atoms with Crippen LogP contribution < -0.4 is 5.73 Å². The SMILES string of the molecule is Cn1ncc(Br)c1C(N)c1ccc(Br)cc1Cl.